The first-order valence-electron chi connectivity index (χ1n) is 2.67. The Hall–Kier alpha value is -1.16. The molecular weight excluding hydrogens is 146 g/mol. The Labute approximate surface area is 62.9 Å². The minimum absolute atomic E-state index is 0.524. The van der Waals surface area contributed by atoms with Crippen molar-refractivity contribution in [2.24, 2.45) is 4.99 Å². The smallest absolute Gasteiger partial charge is 0.143 e. The van der Waals surface area contributed by atoms with Gasteiger partial charge in [-0.1, -0.05) is 6.58 Å². The van der Waals surface area contributed by atoms with Gasteiger partial charge in [0.15, 0.2) is 0 Å². The van der Waals surface area contributed by atoms with Gasteiger partial charge in [-0.3, -0.25) is 4.99 Å². The Morgan fingerprint density at radius 3 is 3.10 bits per heavy atom. The van der Waals surface area contributed by atoms with Crippen molar-refractivity contribution in [3.63, 3.8) is 0 Å². The quantitative estimate of drug-likeness (QED) is 0.651. The Morgan fingerprint density at radius 1 is 1.80 bits per heavy atom. The molecule has 0 saturated heterocycles. The maximum Gasteiger partial charge on any atom is 0.143 e. The topological polar surface area (TPSA) is 51.3 Å². The van der Waals surface area contributed by atoms with Crippen molar-refractivity contribution < 1.29 is 0 Å². The molecule has 0 aliphatic heterocycles. The van der Waals surface area contributed by atoms with Crippen LogP contribution >= 0.6 is 11.3 Å². The first kappa shape index (κ1) is 6.95. The second-order valence-electron chi connectivity index (χ2n) is 1.56. The Balaban J connectivity index is 2.83. The number of hydrogen-bond acceptors (Lipinski definition) is 4. The lowest BCUT2D eigenvalue weighted by molar-refractivity contribution is 1.42. The van der Waals surface area contributed by atoms with Gasteiger partial charge in [0, 0.05) is 12.4 Å². The summed E-state index contributed by atoms with van der Waals surface area (Å²) < 4.78 is 0. The van der Waals surface area contributed by atoms with Gasteiger partial charge < -0.3 is 5.73 Å². The lowest BCUT2D eigenvalue weighted by Crippen LogP contribution is -1.88. The minimum Gasteiger partial charge on any atom is -0.382 e. The first-order chi connectivity index (χ1) is 4.84. The van der Waals surface area contributed by atoms with E-state index in [1.165, 1.54) is 17.5 Å². The zero-order chi connectivity index (χ0) is 7.40. The number of rotatable bonds is 2. The molecule has 0 amide bonds. The summed E-state index contributed by atoms with van der Waals surface area (Å²) in [5, 5.41) is 0. The van der Waals surface area contributed by atoms with Crippen molar-refractivity contribution in [1.29, 1.82) is 0 Å². The van der Waals surface area contributed by atoms with Crippen LogP contribution in [0.1, 0.15) is 4.88 Å². The number of anilines is 1. The molecule has 2 N–H and O–H groups in total. The summed E-state index contributed by atoms with van der Waals surface area (Å²) in [6.45, 7) is 3.44. The van der Waals surface area contributed by atoms with Crippen LogP contribution in [-0.2, 0) is 0 Å². The third-order valence-electron chi connectivity index (χ3n) is 0.921. The lowest BCUT2D eigenvalue weighted by atomic mass is 10.5. The molecule has 0 aliphatic carbocycles. The van der Waals surface area contributed by atoms with E-state index >= 15 is 0 Å². The molecule has 0 fully saturated rings. The van der Waals surface area contributed by atoms with Crippen molar-refractivity contribution in [3.05, 3.63) is 23.2 Å². The second kappa shape index (κ2) is 3.12. The molecule has 0 aromatic carbocycles. The van der Waals surface area contributed by atoms with Crippen LogP contribution in [0.2, 0.25) is 0 Å². The summed E-state index contributed by atoms with van der Waals surface area (Å²) in [5.74, 6) is 0.524. The first-order valence-corrected chi connectivity index (χ1v) is 3.55. The van der Waals surface area contributed by atoms with Crippen molar-refractivity contribution >= 4 is 23.4 Å². The molecule has 0 aliphatic rings. The van der Waals surface area contributed by atoms with Crippen LogP contribution < -0.4 is 5.73 Å². The van der Waals surface area contributed by atoms with Gasteiger partial charge in [0.25, 0.3) is 0 Å². The number of thiazole rings is 1. The van der Waals surface area contributed by atoms with Gasteiger partial charge in [0.05, 0.1) is 10.4 Å². The third kappa shape index (κ3) is 1.41. The summed E-state index contributed by atoms with van der Waals surface area (Å²) in [6.07, 6.45) is 3.10. The van der Waals surface area contributed by atoms with E-state index in [4.69, 9.17) is 5.73 Å². The highest BCUT2D eigenvalue weighted by molar-refractivity contribution is 7.12. The molecule has 0 saturated carbocycles. The standard InChI is InChI=1S/C6H7N3S/c1-2-8-3-5-6(7)9-4-10-5/h2-4H,1,7H2/b8-3-. The summed E-state index contributed by atoms with van der Waals surface area (Å²) in [4.78, 5) is 8.52. The molecule has 4 heteroatoms. The number of nitrogens with zero attached hydrogens (tertiary/aromatic N) is 2. The molecule has 0 unspecified atom stereocenters. The monoisotopic (exact) mass is 153 g/mol. The molecule has 3 nitrogen and oxygen atoms in total. The molecule has 0 spiro atoms. The minimum atomic E-state index is 0.524. The van der Waals surface area contributed by atoms with Crippen LogP contribution in [-0.4, -0.2) is 11.2 Å². The zero-order valence-electron chi connectivity index (χ0n) is 5.32. The number of aliphatic imine (C=N–C) groups is 1. The molecule has 1 aromatic heterocycles. The van der Waals surface area contributed by atoms with E-state index in [0.717, 1.165) is 4.88 Å². The zero-order valence-corrected chi connectivity index (χ0v) is 6.14. The predicted octanol–water partition coefficient (Wildman–Crippen LogP) is 1.29. The van der Waals surface area contributed by atoms with E-state index in [0.29, 0.717) is 5.82 Å². The Bertz CT molecular complexity index is 251. The van der Waals surface area contributed by atoms with E-state index in [1.54, 1.807) is 11.7 Å². The molecule has 0 radical (unpaired) electrons. The highest BCUT2D eigenvalue weighted by atomic mass is 32.1. The maximum absolute atomic E-state index is 5.46. The molecule has 10 heavy (non-hydrogen) atoms. The van der Waals surface area contributed by atoms with Gasteiger partial charge in [0.2, 0.25) is 0 Å². The van der Waals surface area contributed by atoms with Crippen molar-refractivity contribution in [1.82, 2.24) is 4.98 Å². The van der Waals surface area contributed by atoms with E-state index in [-0.39, 0.29) is 0 Å². The number of hydrogen-bond donors (Lipinski definition) is 1. The van der Waals surface area contributed by atoms with Crippen LogP contribution in [0.25, 0.3) is 0 Å². The van der Waals surface area contributed by atoms with Gasteiger partial charge in [-0.05, 0) is 0 Å². The van der Waals surface area contributed by atoms with Crippen LogP contribution in [0.4, 0.5) is 5.82 Å². The van der Waals surface area contributed by atoms with Crippen LogP contribution in [0, 0.1) is 0 Å². The average Bonchev–Trinajstić information content (AvgIpc) is 2.31. The van der Waals surface area contributed by atoms with E-state index in [1.807, 2.05) is 0 Å². The van der Waals surface area contributed by atoms with Gasteiger partial charge >= 0.3 is 0 Å². The van der Waals surface area contributed by atoms with E-state index in [9.17, 15) is 0 Å². The SMILES string of the molecule is C=C/N=C\c1scnc1N. The molecular formula is C6H7N3S. The predicted molar refractivity (Wildman–Crippen MR) is 44.3 cm³/mol. The van der Waals surface area contributed by atoms with E-state index in [2.05, 4.69) is 16.6 Å². The summed E-state index contributed by atoms with van der Waals surface area (Å²) in [6, 6.07) is 0. The third-order valence-corrected chi connectivity index (χ3v) is 1.70. The molecule has 1 rings (SSSR count). The second-order valence-corrected chi connectivity index (χ2v) is 2.45. The van der Waals surface area contributed by atoms with Crippen molar-refractivity contribution in [2.45, 2.75) is 0 Å². The Morgan fingerprint density at radius 2 is 2.60 bits per heavy atom. The fourth-order valence-electron chi connectivity index (χ4n) is 0.481. The number of nitrogen functional groups attached to an aromatic ring is 1. The number of nitrogens with two attached hydrogens (primary N) is 1. The highest BCUT2D eigenvalue weighted by Gasteiger charge is 1.95. The maximum atomic E-state index is 5.46. The average molecular weight is 153 g/mol. The van der Waals surface area contributed by atoms with Crippen molar-refractivity contribution in [2.75, 3.05) is 5.73 Å². The van der Waals surface area contributed by atoms with Gasteiger partial charge in [0.1, 0.15) is 5.82 Å². The molecule has 52 valence electrons. The summed E-state index contributed by atoms with van der Waals surface area (Å²) in [7, 11) is 0. The molecule has 0 bridgehead atoms. The highest BCUT2D eigenvalue weighted by Crippen LogP contribution is 2.11. The van der Waals surface area contributed by atoms with Crippen LogP contribution in [0.15, 0.2) is 23.3 Å². The van der Waals surface area contributed by atoms with Gasteiger partial charge in [-0.25, -0.2) is 4.98 Å². The number of aromatic nitrogens is 1. The van der Waals surface area contributed by atoms with Gasteiger partial charge in [-0.15, -0.1) is 11.3 Å². The Kier molecular flexibility index (Phi) is 2.17. The molecule has 1 heterocycles. The molecule has 0 atom stereocenters. The van der Waals surface area contributed by atoms with E-state index < -0.39 is 0 Å². The van der Waals surface area contributed by atoms with Crippen molar-refractivity contribution in [3.8, 4) is 0 Å². The normalized spacial score (nSPS) is 10.4. The van der Waals surface area contributed by atoms with Crippen LogP contribution in [0.3, 0.4) is 0 Å². The largest absolute Gasteiger partial charge is 0.382 e. The fourth-order valence-corrected chi connectivity index (χ4v) is 1.06. The molecule has 1 aromatic rings. The van der Waals surface area contributed by atoms with Crippen LogP contribution in [0.5, 0.6) is 0 Å². The summed E-state index contributed by atoms with van der Waals surface area (Å²) in [5.41, 5.74) is 7.14. The van der Waals surface area contributed by atoms with Gasteiger partial charge in [-0.2, -0.15) is 0 Å². The summed E-state index contributed by atoms with van der Waals surface area (Å²) >= 11 is 1.46. The lowest BCUT2D eigenvalue weighted by Gasteiger charge is -1.83. The fraction of sp³-hybridized carbons (Fsp3) is 0.